The number of amides is 5. The van der Waals surface area contributed by atoms with Gasteiger partial charge in [0.1, 0.15) is 18.1 Å². The quantitative estimate of drug-likeness (QED) is 0.177. The Morgan fingerprint density at radius 1 is 0.754 bits per heavy atom. The van der Waals surface area contributed by atoms with Crippen LogP contribution in [0.15, 0.2) is 0 Å². The molecule has 57 heavy (non-hydrogen) atoms. The molecule has 0 bridgehead atoms. The van der Waals surface area contributed by atoms with E-state index in [0.29, 0.717) is 25.8 Å². The van der Waals surface area contributed by atoms with Gasteiger partial charge in [-0.05, 0) is 113 Å². The largest absolute Gasteiger partial charge is 0.347 e. The molecule has 2 spiro atoms. The normalized spacial score (nSPS) is 28.8. The molecule has 2 aliphatic heterocycles. The number of hydrogen-bond donors (Lipinski definition) is 4. The van der Waals surface area contributed by atoms with E-state index in [1.165, 1.54) is 0 Å². The molecule has 6 atom stereocenters. The molecule has 4 aliphatic carbocycles. The van der Waals surface area contributed by atoms with E-state index >= 15 is 4.79 Å². The van der Waals surface area contributed by atoms with Crippen LogP contribution in [0.2, 0.25) is 0 Å². The predicted molar refractivity (Wildman–Crippen MR) is 220 cm³/mol. The Hall–Kier alpha value is -3.02. The van der Waals surface area contributed by atoms with Crippen molar-refractivity contribution in [1.82, 2.24) is 31.1 Å². The Bertz CT molecular complexity index is 1540. The lowest BCUT2D eigenvalue weighted by molar-refractivity contribution is -0.146. The van der Waals surface area contributed by atoms with Crippen LogP contribution in [0.1, 0.15) is 165 Å². The highest BCUT2D eigenvalue weighted by Gasteiger charge is 2.85. The fourth-order valence-electron chi connectivity index (χ4n) is 11.9. The van der Waals surface area contributed by atoms with Gasteiger partial charge < -0.3 is 26.2 Å². The van der Waals surface area contributed by atoms with E-state index in [0.717, 1.165) is 96.4 Å². The summed E-state index contributed by atoms with van der Waals surface area (Å²) in [4.78, 5) is 88.8. The van der Waals surface area contributed by atoms with E-state index in [2.05, 4.69) is 53.9 Å². The van der Waals surface area contributed by atoms with Crippen LogP contribution in [0.5, 0.6) is 0 Å². The summed E-state index contributed by atoms with van der Waals surface area (Å²) in [5, 5.41) is 12.2. The zero-order chi connectivity index (χ0) is 41.5. The van der Waals surface area contributed by atoms with E-state index in [1.807, 2.05) is 27.7 Å². The number of likely N-dealkylation sites (tertiary alicyclic amines) is 2. The monoisotopic (exact) mass is 795 g/mol. The molecule has 0 aromatic heterocycles. The van der Waals surface area contributed by atoms with Crippen molar-refractivity contribution >= 4 is 35.3 Å². The first-order valence-electron chi connectivity index (χ1n) is 22.7. The first-order valence-corrected chi connectivity index (χ1v) is 22.7. The van der Waals surface area contributed by atoms with Crippen molar-refractivity contribution in [3.05, 3.63) is 0 Å². The van der Waals surface area contributed by atoms with E-state index in [1.54, 1.807) is 4.90 Å². The van der Waals surface area contributed by atoms with Gasteiger partial charge in [-0.15, -0.1) is 0 Å². The van der Waals surface area contributed by atoms with Crippen LogP contribution in [-0.2, 0) is 28.8 Å². The van der Waals surface area contributed by atoms with Crippen LogP contribution in [0.4, 0.5) is 0 Å². The Kier molecular flexibility index (Phi) is 12.9. The fourth-order valence-corrected chi connectivity index (χ4v) is 11.9. The summed E-state index contributed by atoms with van der Waals surface area (Å²) in [5.74, 6) is -2.56. The third-order valence-corrected chi connectivity index (χ3v) is 15.9. The Morgan fingerprint density at radius 3 is 1.95 bits per heavy atom. The van der Waals surface area contributed by atoms with Crippen molar-refractivity contribution in [1.29, 1.82) is 0 Å². The van der Waals surface area contributed by atoms with Gasteiger partial charge in [-0.3, -0.25) is 33.7 Å². The first kappa shape index (κ1) is 43.6. The standard InChI is InChI=1S/C45H74N6O6/c1-9-17-31(35(52)40(56)46-30-20-15-21-30)47-38(54)33-26-45(43(7,8)44(45)23-16-24-44)27-51(33)41(57)36(42(4,5)6)49-39(55)34(29-18-11-10-12-19-29)48-37(53)32-22-13-14-25-50(32)28(2)3/h28-34,36H,9-27H2,1-8H3,(H,46,56)(H,47,54)(H,48,53)(H,49,55)/t31-,32-,33-,34-,36+,45+/m0/s1. The number of carbonyl (C=O) groups is 6. The van der Waals surface area contributed by atoms with Gasteiger partial charge in [0.2, 0.25) is 29.4 Å². The highest BCUT2D eigenvalue weighted by atomic mass is 16.2. The summed E-state index contributed by atoms with van der Waals surface area (Å²) in [6.45, 7) is 17.7. The van der Waals surface area contributed by atoms with E-state index in [4.69, 9.17) is 0 Å². The number of carbonyl (C=O) groups excluding carboxylic acids is 6. The molecule has 320 valence electrons. The van der Waals surface area contributed by atoms with Crippen LogP contribution < -0.4 is 21.3 Å². The molecule has 5 amide bonds. The minimum Gasteiger partial charge on any atom is -0.347 e. The molecule has 0 radical (unpaired) electrons. The smallest absolute Gasteiger partial charge is 0.289 e. The molecule has 0 aromatic rings. The lowest BCUT2D eigenvalue weighted by atomic mass is 9.73. The number of fused-ring (bicyclic) bond motifs is 1. The fraction of sp³-hybridized carbons (Fsp3) is 0.867. The van der Waals surface area contributed by atoms with Gasteiger partial charge in [0.05, 0.1) is 12.1 Å². The molecule has 6 fully saturated rings. The predicted octanol–water partition coefficient (Wildman–Crippen LogP) is 5.17. The van der Waals surface area contributed by atoms with Gasteiger partial charge in [0.25, 0.3) is 5.91 Å². The maximum Gasteiger partial charge on any atom is 0.289 e. The molecule has 4 N–H and O–H groups in total. The number of piperidine rings is 1. The van der Waals surface area contributed by atoms with Gasteiger partial charge in [-0.25, -0.2) is 0 Å². The minimum atomic E-state index is -0.991. The summed E-state index contributed by atoms with van der Waals surface area (Å²) in [6.07, 6.45) is 14.8. The summed E-state index contributed by atoms with van der Waals surface area (Å²) >= 11 is 0. The van der Waals surface area contributed by atoms with Gasteiger partial charge in [0, 0.05) is 24.0 Å². The Labute approximate surface area is 341 Å². The molecule has 6 rings (SSSR count). The number of nitrogens with one attached hydrogen (secondary N) is 4. The highest BCUT2D eigenvalue weighted by molar-refractivity contribution is 6.38. The van der Waals surface area contributed by atoms with Crippen molar-refractivity contribution in [2.24, 2.45) is 27.6 Å². The summed E-state index contributed by atoms with van der Waals surface area (Å²) < 4.78 is 0. The van der Waals surface area contributed by atoms with E-state index < -0.39 is 47.2 Å². The van der Waals surface area contributed by atoms with Gasteiger partial charge in [0.15, 0.2) is 0 Å². The van der Waals surface area contributed by atoms with Crippen LogP contribution in [0.3, 0.4) is 0 Å². The average Bonchev–Trinajstić information content (AvgIpc) is 3.34. The van der Waals surface area contributed by atoms with Gasteiger partial charge in [-0.1, -0.05) is 80.1 Å². The number of Topliss-reactive ketones (excluding diaryl/α,β-unsaturated/α-hetero) is 1. The van der Waals surface area contributed by atoms with Gasteiger partial charge in [-0.2, -0.15) is 0 Å². The first-order chi connectivity index (χ1) is 26.9. The number of ketones is 1. The Balaban J connectivity index is 1.25. The van der Waals surface area contributed by atoms with Crippen molar-refractivity contribution in [3.8, 4) is 0 Å². The number of nitrogens with zero attached hydrogens (tertiary/aromatic N) is 2. The number of rotatable bonds is 14. The van der Waals surface area contributed by atoms with Crippen LogP contribution in [0.25, 0.3) is 0 Å². The number of hydrogen-bond acceptors (Lipinski definition) is 7. The van der Waals surface area contributed by atoms with Crippen molar-refractivity contribution in [2.75, 3.05) is 13.1 Å². The zero-order valence-corrected chi connectivity index (χ0v) is 36.4. The summed E-state index contributed by atoms with van der Waals surface area (Å²) in [7, 11) is 0. The second-order valence-corrected chi connectivity index (χ2v) is 20.7. The lowest BCUT2D eigenvalue weighted by Gasteiger charge is -2.40. The molecule has 12 heteroatoms. The topological polar surface area (TPSA) is 157 Å². The van der Waals surface area contributed by atoms with E-state index in [-0.39, 0.29) is 58.0 Å². The lowest BCUT2D eigenvalue weighted by Crippen LogP contribution is -2.63. The molecule has 0 aromatic carbocycles. The molecule has 0 unspecified atom stereocenters. The molecular formula is C45H74N6O6. The van der Waals surface area contributed by atoms with Crippen LogP contribution in [0, 0.1) is 27.6 Å². The maximum atomic E-state index is 15.2. The summed E-state index contributed by atoms with van der Waals surface area (Å²) in [6, 6.07) is -3.70. The van der Waals surface area contributed by atoms with Gasteiger partial charge >= 0.3 is 0 Å². The molecule has 2 heterocycles. The Morgan fingerprint density at radius 2 is 1.40 bits per heavy atom. The van der Waals surface area contributed by atoms with Crippen molar-refractivity contribution in [2.45, 2.75) is 207 Å². The minimum absolute atomic E-state index is 0.00411. The van der Waals surface area contributed by atoms with Crippen LogP contribution >= 0.6 is 0 Å². The molecule has 6 aliphatic rings. The second-order valence-electron chi connectivity index (χ2n) is 20.7. The average molecular weight is 795 g/mol. The summed E-state index contributed by atoms with van der Waals surface area (Å²) in [5.41, 5.74) is -1.05. The van der Waals surface area contributed by atoms with Crippen LogP contribution in [-0.4, -0.2) is 101 Å². The third kappa shape index (κ3) is 8.15. The molecule has 4 saturated carbocycles. The third-order valence-electron chi connectivity index (χ3n) is 15.9. The highest BCUT2D eigenvalue weighted by Crippen LogP contribution is 2.88. The molecule has 2 saturated heterocycles. The maximum absolute atomic E-state index is 15.2. The van der Waals surface area contributed by atoms with Crippen molar-refractivity contribution in [3.63, 3.8) is 0 Å². The van der Waals surface area contributed by atoms with Crippen molar-refractivity contribution < 1.29 is 28.8 Å². The second kappa shape index (κ2) is 16.9. The molecule has 12 nitrogen and oxygen atoms in total. The van der Waals surface area contributed by atoms with E-state index in [9.17, 15) is 24.0 Å². The molecular weight excluding hydrogens is 721 g/mol. The zero-order valence-electron chi connectivity index (χ0n) is 36.4. The SMILES string of the molecule is CCC[C@H](NC(=O)[C@@H]1C[C@@]2(CN1C(=O)[C@@H](NC(=O)[C@@H](NC(=O)[C@@H]1CCCCN1C(C)C)C1CCCCC1)C(C)(C)C)C(C)(C)C21CCC1)C(=O)C(=O)NC1CCC1.